The second-order valence-electron chi connectivity index (χ2n) is 7.10. The highest BCUT2D eigenvalue weighted by molar-refractivity contribution is 5.95. The fourth-order valence-electron chi connectivity index (χ4n) is 3.29. The van der Waals surface area contributed by atoms with E-state index in [-0.39, 0.29) is 11.8 Å². The number of aromatic nitrogens is 2. The molecule has 1 aromatic carbocycles. The van der Waals surface area contributed by atoms with Crippen molar-refractivity contribution in [3.63, 3.8) is 0 Å². The summed E-state index contributed by atoms with van der Waals surface area (Å²) >= 11 is 0. The van der Waals surface area contributed by atoms with Gasteiger partial charge in [0.15, 0.2) is 11.4 Å². The maximum Gasteiger partial charge on any atom is 0.278 e. The Bertz CT molecular complexity index is 813. The van der Waals surface area contributed by atoms with Crippen LogP contribution in [0.25, 0.3) is 5.69 Å². The zero-order valence-electron chi connectivity index (χ0n) is 17.1. The van der Waals surface area contributed by atoms with Crippen LogP contribution >= 0.6 is 0 Å². The minimum atomic E-state index is -0.149. The van der Waals surface area contributed by atoms with Gasteiger partial charge in [-0.05, 0) is 18.6 Å². The van der Waals surface area contributed by atoms with Crippen molar-refractivity contribution in [2.24, 2.45) is 0 Å². The smallest absolute Gasteiger partial charge is 0.278 e. The Morgan fingerprint density at radius 3 is 2.52 bits per heavy atom. The van der Waals surface area contributed by atoms with Crippen molar-refractivity contribution in [2.45, 2.75) is 19.8 Å². The fourth-order valence-corrected chi connectivity index (χ4v) is 3.29. The molecule has 2 aromatic rings. The van der Waals surface area contributed by atoms with Crippen LogP contribution in [0, 0.1) is 0 Å². The average Bonchev–Trinajstić information content (AvgIpc) is 3.19. The van der Waals surface area contributed by atoms with E-state index in [0.717, 1.165) is 25.1 Å². The number of unbranched alkanes of at least 4 members (excludes halogenated alkanes) is 1. The summed E-state index contributed by atoms with van der Waals surface area (Å²) in [6, 6.07) is 9.61. The van der Waals surface area contributed by atoms with Gasteiger partial charge in [0.05, 0.1) is 25.5 Å². The molecule has 0 spiro atoms. The van der Waals surface area contributed by atoms with E-state index in [2.05, 4.69) is 22.2 Å². The molecular formula is C21H29N5O3. The second-order valence-corrected chi connectivity index (χ2v) is 7.10. The SMILES string of the molecule is CCCCNC(=O)CN1CCN(C(=O)c2nn(-c3ccccc3)cc2OC)CC1. The lowest BCUT2D eigenvalue weighted by Gasteiger charge is -2.34. The summed E-state index contributed by atoms with van der Waals surface area (Å²) in [4.78, 5) is 28.8. The molecule has 2 amide bonds. The third kappa shape index (κ3) is 5.35. The van der Waals surface area contributed by atoms with Crippen LogP contribution in [-0.4, -0.2) is 77.8 Å². The standard InChI is InChI=1S/C21H29N5O3/c1-3-4-10-22-19(27)16-24-11-13-25(14-12-24)21(28)20-18(29-2)15-26(23-20)17-8-6-5-7-9-17/h5-9,15H,3-4,10-14,16H2,1-2H3,(H,22,27). The maximum absolute atomic E-state index is 13.0. The number of hydrogen-bond donors (Lipinski definition) is 1. The number of amides is 2. The van der Waals surface area contributed by atoms with Gasteiger partial charge in [-0.1, -0.05) is 31.5 Å². The van der Waals surface area contributed by atoms with E-state index in [0.29, 0.717) is 44.2 Å². The summed E-state index contributed by atoms with van der Waals surface area (Å²) in [5.41, 5.74) is 1.17. The largest absolute Gasteiger partial charge is 0.493 e. The Morgan fingerprint density at radius 2 is 1.86 bits per heavy atom. The summed E-state index contributed by atoms with van der Waals surface area (Å²) in [6.45, 7) is 5.63. The zero-order valence-corrected chi connectivity index (χ0v) is 17.1. The number of piperazine rings is 1. The number of carbonyl (C=O) groups is 2. The first-order valence-corrected chi connectivity index (χ1v) is 10.1. The molecule has 0 saturated carbocycles. The van der Waals surface area contributed by atoms with Crippen molar-refractivity contribution in [3.05, 3.63) is 42.2 Å². The molecule has 0 atom stereocenters. The quantitative estimate of drug-likeness (QED) is 0.682. The van der Waals surface area contributed by atoms with Gasteiger partial charge in [-0.2, -0.15) is 5.10 Å². The summed E-state index contributed by atoms with van der Waals surface area (Å²) in [7, 11) is 1.54. The third-order valence-electron chi connectivity index (χ3n) is 5.00. The Hall–Kier alpha value is -2.87. The molecule has 1 aromatic heterocycles. The molecular weight excluding hydrogens is 370 g/mol. The molecule has 8 nitrogen and oxygen atoms in total. The lowest BCUT2D eigenvalue weighted by Crippen LogP contribution is -2.51. The molecule has 0 unspecified atom stereocenters. The van der Waals surface area contributed by atoms with Gasteiger partial charge in [0, 0.05) is 32.7 Å². The van der Waals surface area contributed by atoms with Gasteiger partial charge >= 0.3 is 0 Å². The van der Waals surface area contributed by atoms with Crippen LogP contribution in [0.4, 0.5) is 0 Å². The van der Waals surface area contributed by atoms with Gasteiger partial charge in [-0.15, -0.1) is 0 Å². The molecule has 0 bridgehead atoms. The number of para-hydroxylation sites is 1. The van der Waals surface area contributed by atoms with Gasteiger partial charge in [0.1, 0.15) is 0 Å². The zero-order chi connectivity index (χ0) is 20.6. The molecule has 8 heteroatoms. The van der Waals surface area contributed by atoms with E-state index >= 15 is 0 Å². The molecule has 1 aliphatic rings. The van der Waals surface area contributed by atoms with Crippen molar-refractivity contribution in [2.75, 3.05) is 46.4 Å². The van der Waals surface area contributed by atoms with E-state index in [1.54, 1.807) is 15.8 Å². The molecule has 29 heavy (non-hydrogen) atoms. The number of rotatable bonds is 8. The minimum absolute atomic E-state index is 0.0431. The van der Waals surface area contributed by atoms with E-state index in [1.165, 1.54) is 7.11 Å². The lowest BCUT2D eigenvalue weighted by molar-refractivity contribution is -0.122. The van der Waals surface area contributed by atoms with Crippen LogP contribution in [0.15, 0.2) is 36.5 Å². The van der Waals surface area contributed by atoms with E-state index in [1.807, 2.05) is 30.3 Å². The number of methoxy groups -OCH3 is 1. The van der Waals surface area contributed by atoms with E-state index in [4.69, 9.17) is 4.74 Å². The van der Waals surface area contributed by atoms with Gasteiger partial charge < -0.3 is 15.0 Å². The number of hydrogen-bond acceptors (Lipinski definition) is 5. The Labute approximate surface area is 171 Å². The van der Waals surface area contributed by atoms with E-state index < -0.39 is 0 Å². The minimum Gasteiger partial charge on any atom is -0.493 e. The number of nitrogens with zero attached hydrogens (tertiary/aromatic N) is 4. The normalized spacial score (nSPS) is 14.6. The summed E-state index contributed by atoms with van der Waals surface area (Å²) in [5, 5.41) is 7.39. The molecule has 0 radical (unpaired) electrons. The number of carbonyl (C=O) groups excluding carboxylic acids is 2. The molecule has 1 saturated heterocycles. The highest BCUT2D eigenvalue weighted by atomic mass is 16.5. The van der Waals surface area contributed by atoms with E-state index in [9.17, 15) is 9.59 Å². The maximum atomic E-state index is 13.0. The predicted molar refractivity (Wildman–Crippen MR) is 110 cm³/mol. The van der Waals surface area contributed by atoms with Crippen LogP contribution in [0.1, 0.15) is 30.3 Å². The van der Waals surface area contributed by atoms with Crippen molar-refractivity contribution in [1.29, 1.82) is 0 Å². The molecule has 156 valence electrons. The van der Waals surface area contributed by atoms with Gasteiger partial charge in [-0.25, -0.2) is 4.68 Å². The summed E-state index contributed by atoms with van der Waals surface area (Å²) < 4.78 is 7.04. The topological polar surface area (TPSA) is 79.7 Å². The van der Waals surface area contributed by atoms with Gasteiger partial charge in [0.2, 0.25) is 5.91 Å². The van der Waals surface area contributed by atoms with Gasteiger partial charge in [-0.3, -0.25) is 14.5 Å². The Morgan fingerprint density at radius 1 is 1.14 bits per heavy atom. The lowest BCUT2D eigenvalue weighted by atomic mass is 10.2. The molecule has 2 heterocycles. The Kier molecular flexibility index (Phi) is 7.24. The third-order valence-corrected chi connectivity index (χ3v) is 5.00. The molecule has 3 rings (SSSR count). The number of ether oxygens (including phenoxy) is 1. The first-order valence-electron chi connectivity index (χ1n) is 10.1. The molecule has 1 aliphatic heterocycles. The van der Waals surface area contributed by atoms with Crippen molar-refractivity contribution < 1.29 is 14.3 Å². The first-order chi connectivity index (χ1) is 14.1. The number of benzene rings is 1. The highest BCUT2D eigenvalue weighted by Gasteiger charge is 2.27. The summed E-state index contributed by atoms with van der Waals surface area (Å²) in [5.74, 6) is 0.349. The number of nitrogens with one attached hydrogen (secondary N) is 1. The highest BCUT2D eigenvalue weighted by Crippen LogP contribution is 2.21. The van der Waals surface area contributed by atoms with Crippen LogP contribution in [0.2, 0.25) is 0 Å². The molecule has 0 aliphatic carbocycles. The second kappa shape index (κ2) is 10.1. The van der Waals surface area contributed by atoms with Crippen LogP contribution in [0.5, 0.6) is 5.75 Å². The van der Waals surface area contributed by atoms with Crippen molar-refractivity contribution in [1.82, 2.24) is 24.9 Å². The molecule has 1 N–H and O–H groups in total. The fraction of sp³-hybridized carbons (Fsp3) is 0.476. The van der Waals surface area contributed by atoms with Crippen molar-refractivity contribution >= 4 is 11.8 Å². The van der Waals surface area contributed by atoms with Crippen molar-refractivity contribution in [3.8, 4) is 11.4 Å². The Balaban J connectivity index is 1.58. The monoisotopic (exact) mass is 399 g/mol. The molecule has 1 fully saturated rings. The van der Waals surface area contributed by atoms with Gasteiger partial charge in [0.25, 0.3) is 5.91 Å². The van der Waals surface area contributed by atoms with Crippen LogP contribution in [0.3, 0.4) is 0 Å². The first kappa shape index (κ1) is 20.9. The average molecular weight is 399 g/mol. The summed E-state index contributed by atoms with van der Waals surface area (Å²) in [6.07, 6.45) is 3.77. The predicted octanol–water partition coefficient (Wildman–Crippen LogP) is 1.56. The van der Waals surface area contributed by atoms with Crippen LogP contribution < -0.4 is 10.1 Å². The van der Waals surface area contributed by atoms with Crippen LogP contribution in [-0.2, 0) is 4.79 Å².